The molecule has 0 aliphatic heterocycles. The number of hydrogen-bond donors (Lipinski definition) is 0. The van der Waals surface area contributed by atoms with Gasteiger partial charge in [0.05, 0.1) is 37.8 Å². The highest BCUT2D eigenvalue weighted by Gasteiger charge is 2.22. The number of hydrogen-bond acceptors (Lipinski definition) is 4. The second-order valence-electron chi connectivity index (χ2n) is 3.36. The summed E-state index contributed by atoms with van der Waals surface area (Å²) in [6, 6.07) is 0. The second-order valence-corrected chi connectivity index (χ2v) is 3.63. The van der Waals surface area contributed by atoms with Gasteiger partial charge in [0.15, 0.2) is 0 Å². The van der Waals surface area contributed by atoms with Gasteiger partial charge in [-0.05, 0) is 0 Å². The van der Waals surface area contributed by atoms with Crippen LogP contribution in [0.4, 0.5) is 8.78 Å². The Morgan fingerprint density at radius 1 is 1.50 bits per heavy atom. The zero-order chi connectivity index (χ0) is 13.7. The fourth-order valence-corrected chi connectivity index (χ4v) is 1.76. The van der Waals surface area contributed by atoms with Crippen LogP contribution in [0.15, 0.2) is 6.20 Å². The molecule has 0 bridgehead atoms. The summed E-state index contributed by atoms with van der Waals surface area (Å²) in [6.45, 7) is 0. The van der Waals surface area contributed by atoms with Crippen LogP contribution in [0.25, 0.3) is 0 Å². The summed E-state index contributed by atoms with van der Waals surface area (Å²) in [7, 11) is 2.49. The quantitative estimate of drug-likeness (QED) is 0.614. The minimum atomic E-state index is -2.72. The zero-order valence-corrected chi connectivity index (χ0v) is 10.6. The highest BCUT2D eigenvalue weighted by atomic mass is 35.5. The van der Waals surface area contributed by atoms with Crippen LogP contribution >= 0.6 is 11.6 Å². The number of alkyl halides is 3. The standard InChI is InChI=1S/C11H12ClF2NO3/c1-17-9(16)3-8-6(4-12)10(18-2)7(5-15-8)11(13)14/h5,11H,3-4H2,1-2H3. The summed E-state index contributed by atoms with van der Waals surface area (Å²) in [4.78, 5) is 15.0. The van der Waals surface area contributed by atoms with Crippen molar-refractivity contribution in [2.24, 2.45) is 0 Å². The van der Waals surface area contributed by atoms with Crippen molar-refractivity contribution in [1.29, 1.82) is 0 Å². The summed E-state index contributed by atoms with van der Waals surface area (Å²) >= 11 is 5.70. The van der Waals surface area contributed by atoms with Crippen LogP contribution in [0.2, 0.25) is 0 Å². The summed E-state index contributed by atoms with van der Waals surface area (Å²) in [5.41, 5.74) is 0.210. The van der Waals surface area contributed by atoms with Crippen molar-refractivity contribution in [3.8, 4) is 5.75 Å². The number of nitrogens with zero attached hydrogens (tertiary/aromatic N) is 1. The molecule has 0 unspecified atom stereocenters. The number of aromatic nitrogens is 1. The summed E-state index contributed by atoms with van der Waals surface area (Å²) in [5.74, 6) is -0.641. The van der Waals surface area contributed by atoms with E-state index in [9.17, 15) is 13.6 Å². The van der Waals surface area contributed by atoms with Gasteiger partial charge in [-0.1, -0.05) is 0 Å². The Labute approximate surface area is 108 Å². The van der Waals surface area contributed by atoms with Crippen molar-refractivity contribution >= 4 is 17.6 Å². The topological polar surface area (TPSA) is 48.4 Å². The molecule has 1 aromatic heterocycles. The molecule has 0 saturated heterocycles. The van der Waals surface area contributed by atoms with E-state index >= 15 is 0 Å². The van der Waals surface area contributed by atoms with Gasteiger partial charge in [-0.2, -0.15) is 0 Å². The second kappa shape index (κ2) is 6.49. The predicted octanol–water partition coefficient (Wildman–Crippen LogP) is 2.48. The molecule has 18 heavy (non-hydrogen) atoms. The number of pyridine rings is 1. The van der Waals surface area contributed by atoms with Crippen molar-refractivity contribution in [1.82, 2.24) is 4.98 Å². The number of methoxy groups -OCH3 is 2. The lowest BCUT2D eigenvalue weighted by atomic mass is 10.1. The molecule has 0 N–H and O–H groups in total. The molecule has 1 aromatic rings. The highest BCUT2D eigenvalue weighted by Crippen LogP contribution is 2.34. The lowest BCUT2D eigenvalue weighted by Crippen LogP contribution is -2.10. The van der Waals surface area contributed by atoms with E-state index in [0.29, 0.717) is 0 Å². The van der Waals surface area contributed by atoms with Gasteiger partial charge in [0.2, 0.25) is 0 Å². The Morgan fingerprint density at radius 2 is 2.17 bits per heavy atom. The number of ether oxygens (including phenoxy) is 2. The molecule has 0 aliphatic rings. The third-order valence-electron chi connectivity index (χ3n) is 2.36. The minimum Gasteiger partial charge on any atom is -0.496 e. The van der Waals surface area contributed by atoms with Gasteiger partial charge in [0.25, 0.3) is 6.43 Å². The van der Waals surface area contributed by atoms with Crippen molar-refractivity contribution in [3.05, 3.63) is 23.0 Å². The number of carbonyl (C=O) groups is 1. The number of rotatable bonds is 5. The summed E-state index contributed by atoms with van der Waals surface area (Å²) in [5, 5.41) is 0. The molecule has 0 atom stereocenters. The third kappa shape index (κ3) is 3.07. The average Bonchev–Trinajstić information content (AvgIpc) is 2.37. The maximum absolute atomic E-state index is 12.7. The van der Waals surface area contributed by atoms with Gasteiger partial charge in [-0.15, -0.1) is 11.6 Å². The SMILES string of the molecule is COC(=O)Cc1ncc(C(F)F)c(OC)c1CCl. The normalized spacial score (nSPS) is 10.6. The van der Waals surface area contributed by atoms with E-state index in [1.54, 1.807) is 0 Å². The molecule has 0 saturated carbocycles. The third-order valence-corrected chi connectivity index (χ3v) is 2.62. The van der Waals surface area contributed by atoms with Crippen LogP contribution < -0.4 is 4.74 Å². The van der Waals surface area contributed by atoms with Crippen molar-refractivity contribution < 1.29 is 23.0 Å². The molecule has 7 heteroatoms. The van der Waals surface area contributed by atoms with E-state index < -0.39 is 12.4 Å². The van der Waals surface area contributed by atoms with Gasteiger partial charge >= 0.3 is 5.97 Å². The molecular formula is C11H12ClF2NO3. The molecule has 0 spiro atoms. The fourth-order valence-electron chi connectivity index (χ4n) is 1.48. The molecular weight excluding hydrogens is 268 g/mol. The van der Waals surface area contributed by atoms with Crippen LogP contribution in [-0.4, -0.2) is 25.2 Å². The first-order valence-electron chi connectivity index (χ1n) is 5.00. The Kier molecular flexibility index (Phi) is 5.27. The van der Waals surface area contributed by atoms with Gasteiger partial charge in [-0.3, -0.25) is 9.78 Å². The predicted molar refractivity (Wildman–Crippen MR) is 61.0 cm³/mol. The van der Waals surface area contributed by atoms with Crippen molar-refractivity contribution in [3.63, 3.8) is 0 Å². The lowest BCUT2D eigenvalue weighted by Gasteiger charge is -2.14. The minimum absolute atomic E-state index is 0.0334. The Hall–Kier alpha value is -1.43. The Balaban J connectivity index is 3.25. The highest BCUT2D eigenvalue weighted by molar-refractivity contribution is 6.17. The van der Waals surface area contributed by atoms with Gasteiger partial charge in [0.1, 0.15) is 5.75 Å². The molecule has 0 radical (unpaired) electrons. The first-order chi connectivity index (χ1) is 8.54. The summed E-state index contributed by atoms with van der Waals surface area (Å²) < 4.78 is 34.9. The van der Waals surface area contributed by atoms with Crippen LogP contribution in [0.3, 0.4) is 0 Å². The van der Waals surface area contributed by atoms with Gasteiger partial charge < -0.3 is 9.47 Å². The number of halogens is 3. The first kappa shape index (κ1) is 14.6. The monoisotopic (exact) mass is 279 g/mol. The molecule has 0 fully saturated rings. The van der Waals surface area contributed by atoms with E-state index in [1.807, 2.05) is 0 Å². The van der Waals surface area contributed by atoms with Crippen LogP contribution in [-0.2, 0) is 21.8 Å². The van der Waals surface area contributed by atoms with E-state index in [-0.39, 0.29) is 34.9 Å². The summed E-state index contributed by atoms with van der Waals surface area (Å²) in [6.07, 6.45) is -1.88. The molecule has 4 nitrogen and oxygen atoms in total. The smallest absolute Gasteiger partial charge is 0.311 e. The molecule has 1 heterocycles. The van der Waals surface area contributed by atoms with Crippen LogP contribution in [0.1, 0.15) is 23.2 Å². The molecule has 0 amide bonds. The molecule has 0 aromatic carbocycles. The van der Waals surface area contributed by atoms with E-state index in [2.05, 4.69) is 9.72 Å². The first-order valence-corrected chi connectivity index (χ1v) is 5.54. The largest absolute Gasteiger partial charge is 0.496 e. The van der Waals surface area contributed by atoms with Crippen LogP contribution in [0, 0.1) is 0 Å². The van der Waals surface area contributed by atoms with Gasteiger partial charge in [0, 0.05) is 11.8 Å². The van der Waals surface area contributed by atoms with Crippen molar-refractivity contribution in [2.75, 3.05) is 14.2 Å². The van der Waals surface area contributed by atoms with Gasteiger partial charge in [-0.25, -0.2) is 8.78 Å². The maximum Gasteiger partial charge on any atom is 0.311 e. The van der Waals surface area contributed by atoms with Crippen molar-refractivity contribution in [2.45, 2.75) is 18.7 Å². The lowest BCUT2D eigenvalue weighted by molar-refractivity contribution is -0.139. The molecule has 1 rings (SSSR count). The Bertz CT molecular complexity index is 441. The number of esters is 1. The molecule has 0 aliphatic carbocycles. The average molecular weight is 280 g/mol. The maximum atomic E-state index is 12.7. The van der Waals surface area contributed by atoms with Crippen LogP contribution in [0.5, 0.6) is 5.75 Å². The Morgan fingerprint density at radius 3 is 2.61 bits per heavy atom. The van der Waals surface area contributed by atoms with E-state index in [0.717, 1.165) is 6.20 Å². The zero-order valence-electron chi connectivity index (χ0n) is 9.87. The van der Waals surface area contributed by atoms with E-state index in [1.165, 1.54) is 14.2 Å². The fraction of sp³-hybridized carbons (Fsp3) is 0.455. The number of carbonyl (C=O) groups excluding carboxylic acids is 1. The molecule has 100 valence electrons. The van der Waals surface area contributed by atoms with E-state index in [4.69, 9.17) is 16.3 Å².